The van der Waals surface area contributed by atoms with Crippen LogP contribution in [0.2, 0.25) is 0 Å². The number of nitrogens with one attached hydrogen (secondary N) is 1. The Morgan fingerprint density at radius 3 is 2.33 bits per heavy atom. The summed E-state index contributed by atoms with van der Waals surface area (Å²) in [4.78, 5) is 0. The first kappa shape index (κ1) is 12.9. The Morgan fingerprint density at radius 1 is 1.27 bits per heavy atom. The van der Waals surface area contributed by atoms with Crippen molar-refractivity contribution in [2.24, 2.45) is 11.3 Å². The minimum atomic E-state index is -0.156. The molecule has 0 aromatic rings. The highest BCUT2D eigenvalue weighted by Crippen LogP contribution is 2.38. The van der Waals surface area contributed by atoms with Crippen molar-refractivity contribution in [1.82, 2.24) is 5.32 Å². The predicted molar refractivity (Wildman–Crippen MR) is 61.7 cm³/mol. The number of hydrogen-bond donors (Lipinski definition) is 3. The Kier molecular flexibility index (Phi) is 4.56. The lowest BCUT2D eigenvalue weighted by Gasteiger charge is -2.40. The van der Waals surface area contributed by atoms with Gasteiger partial charge < -0.3 is 15.5 Å². The normalized spacial score (nSPS) is 30.8. The Morgan fingerprint density at radius 2 is 1.87 bits per heavy atom. The molecular formula is C12H25NO2. The van der Waals surface area contributed by atoms with E-state index in [4.69, 9.17) is 10.2 Å². The number of rotatable bonds is 4. The van der Waals surface area contributed by atoms with Gasteiger partial charge in [-0.3, -0.25) is 0 Å². The van der Waals surface area contributed by atoms with Gasteiger partial charge in [-0.2, -0.15) is 0 Å². The van der Waals surface area contributed by atoms with Crippen molar-refractivity contribution in [3.8, 4) is 0 Å². The van der Waals surface area contributed by atoms with Crippen LogP contribution in [0.3, 0.4) is 0 Å². The fourth-order valence-corrected chi connectivity index (χ4v) is 2.97. The van der Waals surface area contributed by atoms with Crippen LogP contribution in [0.25, 0.3) is 0 Å². The van der Waals surface area contributed by atoms with E-state index in [1.54, 1.807) is 0 Å². The summed E-state index contributed by atoms with van der Waals surface area (Å²) in [5.41, 5.74) is 0.380. The van der Waals surface area contributed by atoms with Gasteiger partial charge in [-0.25, -0.2) is 0 Å². The van der Waals surface area contributed by atoms with E-state index in [0.29, 0.717) is 11.5 Å². The van der Waals surface area contributed by atoms with E-state index in [1.165, 1.54) is 6.42 Å². The zero-order valence-corrected chi connectivity index (χ0v) is 10.2. The van der Waals surface area contributed by atoms with Crippen LogP contribution in [0.5, 0.6) is 0 Å². The zero-order chi connectivity index (χ0) is 11.5. The molecule has 0 amide bonds. The topological polar surface area (TPSA) is 52.5 Å². The van der Waals surface area contributed by atoms with Crippen molar-refractivity contribution >= 4 is 0 Å². The highest BCUT2D eigenvalue weighted by Gasteiger charge is 2.32. The van der Waals surface area contributed by atoms with E-state index in [9.17, 15) is 0 Å². The third-order valence-electron chi connectivity index (χ3n) is 3.30. The van der Waals surface area contributed by atoms with E-state index in [2.05, 4.69) is 26.1 Å². The van der Waals surface area contributed by atoms with Gasteiger partial charge in [0.25, 0.3) is 0 Å². The van der Waals surface area contributed by atoms with Gasteiger partial charge in [0.2, 0.25) is 0 Å². The lowest BCUT2D eigenvalue weighted by molar-refractivity contribution is 0.111. The average molecular weight is 215 g/mol. The SMILES string of the molecule is C[C@H]1C[C@H](NC(CO)CO)CC(C)(C)C1. The second-order valence-electron chi connectivity index (χ2n) is 5.84. The van der Waals surface area contributed by atoms with Crippen molar-refractivity contribution < 1.29 is 10.2 Å². The highest BCUT2D eigenvalue weighted by atomic mass is 16.3. The molecule has 3 N–H and O–H groups in total. The van der Waals surface area contributed by atoms with Crippen molar-refractivity contribution in [3.05, 3.63) is 0 Å². The van der Waals surface area contributed by atoms with Crippen molar-refractivity contribution in [3.63, 3.8) is 0 Å². The Bertz CT molecular complexity index is 190. The van der Waals surface area contributed by atoms with Gasteiger partial charge in [-0.15, -0.1) is 0 Å². The van der Waals surface area contributed by atoms with Crippen LogP contribution in [0.15, 0.2) is 0 Å². The quantitative estimate of drug-likeness (QED) is 0.659. The number of aliphatic hydroxyl groups is 2. The van der Waals surface area contributed by atoms with Crippen LogP contribution in [0, 0.1) is 11.3 Å². The van der Waals surface area contributed by atoms with E-state index in [1.807, 2.05) is 0 Å². The molecule has 1 rings (SSSR count). The molecule has 1 saturated carbocycles. The molecule has 0 unspecified atom stereocenters. The van der Waals surface area contributed by atoms with Crippen molar-refractivity contribution in [2.75, 3.05) is 13.2 Å². The summed E-state index contributed by atoms with van der Waals surface area (Å²) in [6.07, 6.45) is 3.56. The molecule has 0 heterocycles. The molecule has 0 radical (unpaired) electrons. The highest BCUT2D eigenvalue weighted by molar-refractivity contribution is 4.88. The molecule has 90 valence electrons. The average Bonchev–Trinajstić information content (AvgIpc) is 2.10. The van der Waals surface area contributed by atoms with E-state index in [0.717, 1.165) is 18.8 Å². The van der Waals surface area contributed by atoms with Gasteiger partial charge >= 0.3 is 0 Å². The molecule has 1 aliphatic rings. The molecular weight excluding hydrogens is 190 g/mol. The molecule has 0 bridgehead atoms. The lowest BCUT2D eigenvalue weighted by Crippen LogP contribution is -2.47. The summed E-state index contributed by atoms with van der Waals surface area (Å²) < 4.78 is 0. The fourth-order valence-electron chi connectivity index (χ4n) is 2.97. The number of aliphatic hydroxyl groups excluding tert-OH is 2. The lowest BCUT2D eigenvalue weighted by atomic mass is 9.70. The predicted octanol–water partition coefficient (Wildman–Crippen LogP) is 1.14. The standard InChI is InChI=1S/C12H25NO2/c1-9-4-10(6-12(2,3)5-9)13-11(7-14)8-15/h9-11,13-15H,4-8H2,1-3H3/t9-,10-/m0/s1. The van der Waals surface area contributed by atoms with Gasteiger partial charge in [-0.1, -0.05) is 20.8 Å². The monoisotopic (exact) mass is 215 g/mol. The second-order valence-corrected chi connectivity index (χ2v) is 5.84. The first-order chi connectivity index (χ1) is 6.96. The van der Waals surface area contributed by atoms with Crippen LogP contribution in [-0.2, 0) is 0 Å². The summed E-state index contributed by atoms with van der Waals surface area (Å²) in [7, 11) is 0. The van der Waals surface area contributed by atoms with Crippen LogP contribution in [0.1, 0.15) is 40.0 Å². The van der Waals surface area contributed by atoms with E-state index < -0.39 is 0 Å². The van der Waals surface area contributed by atoms with Crippen LogP contribution in [0.4, 0.5) is 0 Å². The second kappa shape index (κ2) is 5.28. The molecule has 1 fully saturated rings. The summed E-state index contributed by atoms with van der Waals surface area (Å²) >= 11 is 0. The first-order valence-corrected chi connectivity index (χ1v) is 5.94. The molecule has 0 aromatic heterocycles. The maximum absolute atomic E-state index is 9.03. The maximum atomic E-state index is 9.03. The summed E-state index contributed by atoms with van der Waals surface area (Å²) in [6, 6.07) is 0.282. The molecule has 0 aromatic carbocycles. The summed E-state index contributed by atoms with van der Waals surface area (Å²) in [6.45, 7) is 6.90. The molecule has 1 aliphatic carbocycles. The van der Waals surface area contributed by atoms with Gasteiger partial charge in [0.15, 0.2) is 0 Å². The van der Waals surface area contributed by atoms with E-state index >= 15 is 0 Å². The summed E-state index contributed by atoms with van der Waals surface area (Å²) in [5.74, 6) is 0.726. The van der Waals surface area contributed by atoms with Gasteiger partial charge in [0.05, 0.1) is 19.3 Å². The van der Waals surface area contributed by atoms with Crippen LogP contribution < -0.4 is 5.32 Å². The minimum absolute atomic E-state index is 0.0157. The van der Waals surface area contributed by atoms with Gasteiger partial charge in [0.1, 0.15) is 0 Å². The first-order valence-electron chi connectivity index (χ1n) is 5.94. The minimum Gasteiger partial charge on any atom is -0.395 e. The molecule has 3 heteroatoms. The van der Waals surface area contributed by atoms with Gasteiger partial charge in [0, 0.05) is 6.04 Å². The molecule has 3 nitrogen and oxygen atoms in total. The Labute approximate surface area is 92.9 Å². The maximum Gasteiger partial charge on any atom is 0.0607 e. The Hall–Kier alpha value is -0.120. The molecule has 0 saturated heterocycles. The molecule has 0 spiro atoms. The zero-order valence-electron chi connectivity index (χ0n) is 10.2. The van der Waals surface area contributed by atoms with Crippen molar-refractivity contribution in [2.45, 2.75) is 52.1 Å². The number of hydrogen-bond acceptors (Lipinski definition) is 3. The smallest absolute Gasteiger partial charge is 0.0607 e. The van der Waals surface area contributed by atoms with Crippen LogP contribution >= 0.6 is 0 Å². The largest absolute Gasteiger partial charge is 0.395 e. The van der Waals surface area contributed by atoms with Gasteiger partial charge in [-0.05, 0) is 30.6 Å². The van der Waals surface area contributed by atoms with Crippen LogP contribution in [-0.4, -0.2) is 35.5 Å². The molecule has 2 atom stereocenters. The molecule has 0 aliphatic heterocycles. The Balaban J connectivity index is 2.47. The fraction of sp³-hybridized carbons (Fsp3) is 1.00. The third-order valence-corrected chi connectivity index (χ3v) is 3.30. The van der Waals surface area contributed by atoms with Crippen molar-refractivity contribution in [1.29, 1.82) is 0 Å². The molecule has 15 heavy (non-hydrogen) atoms. The summed E-state index contributed by atoms with van der Waals surface area (Å²) in [5, 5.41) is 21.4. The van der Waals surface area contributed by atoms with E-state index in [-0.39, 0.29) is 19.3 Å². The third kappa shape index (κ3) is 4.09.